The van der Waals surface area contributed by atoms with E-state index in [1.165, 1.54) is 13.1 Å². The van der Waals surface area contributed by atoms with Crippen LogP contribution in [0.1, 0.15) is 49.4 Å². The molecule has 43 heavy (non-hydrogen) atoms. The Morgan fingerprint density at radius 3 is 1.88 bits per heavy atom. The Labute approximate surface area is 255 Å². The third-order valence-corrected chi connectivity index (χ3v) is 8.45. The van der Waals surface area contributed by atoms with Crippen LogP contribution in [-0.4, -0.2) is 39.1 Å². The van der Waals surface area contributed by atoms with Crippen molar-refractivity contribution in [1.82, 2.24) is 10.6 Å². The molecule has 0 aliphatic rings. The normalized spacial score (nSPS) is 13.6. The number of thioether (sulfide) groups is 1. The summed E-state index contributed by atoms with van der Waals surface area (Å²) in [5.41, 5.74) is -0.304. The van der Waals surface area contributed by atoms with E-state index in [4.69, 9.17) is 9.47 Å². The summed E-state index contributed by atoms with van der Waals surface area (Å²) in [5.74, 6) is 0.583. The molecule has 10 heteroatoms. The summed E-state index contributed by atoms with van der Waals surface area (Å²) in [6.07, 6.45) is -4.18. The first kappa shape index (κ1) is 33.8. The van der Waals surface area contributed by atoms with Gasteiger partial charge in [-0.1, -0.05) is 50.2 Å². The van der Waals surface area contributed by atoms with E-state index in [0.717, 1.165) is 29.0 Å². The lowest BCUT2D eigenvalue weighted by atomic mass is 9.74. The van der Waals surface area contributed by atoms with Gasteiger partial charge in [-0.3, -0.25) is 9.59 Å². The second kappa shape index (κ2) is 14.7. The van der Waals surface area contributed by atoms with Crippen LogP contribution in [0.5, 0.6) is 11.5 Å². The number of rotatable bonds is 13. The van der Waals surface area contributed by atoms with Gasteiger partial charge in [0.25, 0.3) is 0 Å². The van der Waals surface area contributed by atoms with Gasteiger partial charge in [0, 0.05) is 24.1 Å². The van der Waals surface area contributed by atoms with E-state index in [2.05, 4.69) is 10.6 Å². The molecule has 2 atom stereocenters. The van der Waals surface area contributed by atoms with Gasteiger partial charge < -0.3 is 20.1 Å². The van der Waals surface area contributed by atoms with Crippen LogP contribution in [0.15, 0.2) is 71.6 Å². The number of amides is 2. The molecule has 0 aliphatic heterocycles. The van der Waals surface area contributed by atoms with Crippen molar-refractivity contribution in [3.63, 3.8) is 0 Å². The van der Waals surface area contributed by atoms with E-state index >= 15 is 0 Å². The number of ether oxygens (including phenoxy) is 2. The molecule has 232 valence electrons. The summed E-state index contributed by atoms with van der Waals surface area (Å²) in [4.78, 5) is 27.1. The zero-order chi connectivity index (χ0) is 31.8. The highest BCUT2D eigenvalue weighted by atomic mass is 32.2. The minimum Gasteiger partial charge on any atom is -0.497 e. The molecule has 6 nitrogen and oxygen atoms in total. The maximum Gasteiger partial charge on any atom is 0.417 e. The molecule has 0 aliphatic carbocycles. The van der Waals surface area contributed by atoms with Crippen LogP contribution >= 0.6 is 11.8 Å². The van der Waals surface area contributed by atoms with E-state index in [-0.39, 0.29) is 35.0 Å². The van der Waals surface area contributed by atoms with Gasteiger partial charge in [-0.05, 0) is 66.3 Å². The Hall–Kier alpha value is -3.66. The Kier molecular flexibility index (Phi) is 11.6. The highest BCUT2D eigenvalue weighted by molar-refractivity contribution is 7.98. The van der Waals surface area contributed by atoms with Crippen LogP contribution in [0.2, 0.25) is 0 Å². The SMILES string of the molecule is CNC(=O)[C@H](Cc1ccc(OC)cc1)NC(=O)C(C)(CC(C)C)c1cccc(C(F)(F)F)c1SCc1ccc(OC)cc1. The predicted octanol–water partition coefficient (Wildman–Crippen LogP) is 6.79. The van der Waals surface area contributed by atoms with E-state index in [9.17, 15) is 22.8 Å². The van der Waals surface area contributed by atoms with Gasteiger partial charge in [-0.15, -0.1) is 11.8 Å². The quantitative estimate of drug-likeness (QED) is 0.207. The molecular formula is C33H39F3N2O4S. The molecule has 0 saturated heterocycles. The number of nitrogens with one attached hydrogen (secondary N) is 2. The monoisotopic (exact) mass is 616 g/mol. The zero-order valence-electron chi connectivity index (χ0n) is 25.3. The molecule has 3 aromatic rings. The van der Waals surface area contributed by atoms with Gasteiger partial charge >= 0.3 is 6.18 Å². The number of alkyl halides is 3. The van der Waals surface area contributed by atoms with Crippen molar-refractivity contribution >= 4 is 23.6 Å². The average Bonchev–Trinajstić information content (AvgIpc) is 2.98. The van der Waals surface area contributed by atoms with Crippen molar-refractivity contribution in [2.45, 2.75) is 61.9 Å². The molecule has 0 aromatic heterocycles. The molecular weight excluding hydrogens is 577 g/mol. The number of benzene rings is 3. The number of halogens is 3. The minimum absolute atomic E-state index is 0.00392. The maximum atomic E-state index is 14.4. The Morgan fingerprint density at radius 1 is 0.860 bits per heavy atom. The Bertz CT molecular complexity index is 1380. The minimum atomic E-state index is -4.63. The second-order valence-corrected chi connectivity index (χ2v) is 11.9. The number of likely N-dealkylation sites (N-methyl/N-ethyl adjacent to an activating group) is 1. The maximum absolute atomic E-state index is 14.4. The standard InChI is InChI=1S/C33H39F3N2O4S/c1-21(2)19-32(3,31(40)38-28(30(39)37-4)18-22-10-14-24(41-5)15-11-22)26-8-7-9-27(33(34,35)36)29(26)43-20-23-12-16-25(42-6)17-13-23/h7-17,21,28H,18-20H2,1-6H3,(H,37,39)(H,38,40)/t28-,32?/m0/s1. The van der Waals surface area contributed by atoms with Gasteiger partial charge in [-0.2, -0.15) is 13.2 Å². The Balaban J connectivity index is 2.04. The molecule has 0 spiro atoms. The highest BCUT2D eigenvalue weighted by Gasteiger charge is 2.43. The third kappa shape index (κ3) is 8.69. The number of hydrogen-bond donors (Lipinski definition) is 2. The number of hydrogen-bond acceptors (Lipinski definition) is 5. The van der Waals surface area contributed by atoms with Crippen molar-refractivity contribution in [1.29, 1.82) is 0 Å². The second-order valence-electron chi connectivity index (χ2n) is 10.9. The first-order valence-electron chi connectivity index (χ1n) is 13.9. The van der Waals surface area contributed by atoms with Crippen molar-refractivity contribution in [2.24, 2.45) is 5.92 Å². The highest BCUT2D eigenvalue weighted by Crippen LogP contribution is 2.45. The van der Waals surface area contributed by atoms with E-state index in [1.807, 2.05) is 13.8 Å². The van der Waals surface area contributed by atoms with Crippen LogP contribution in [0, 0.1) is 5.92 Å². The van der Waals surface area contributed by atoms with Gasteiger partial charge in [0.05, 0.1) is 25.2 Å². The summed E-state index contributed by atoms with van der Waals surface area (Å²) in [6.45, 7) is 5.48. The van der Waals surface area contributed by atoms with Crippen LogP contribution in [-0.2, 0) is 33.4 Å². The van der Waals surface area contributed by atoms with Gasteiger partial charge in [0.1, 0.15) is 17.5 Å². The number of methoxy groups -OCH3 is 2. The fourth-order valence-electron chi connectivity index (χ4n) is 5.07. The topological polar surface area (TPSA) is 76.7 Å². The zero-order valence-corrected chi connectivity index (χ0v) is 26.1. The largest absolute Gasteiger partial charge is 0.497 e. The molecule has 2 N–H and O–H groups in total. The lowest BCUT2D eigenvalue weighted by Gasteiger charge is -2.34. The summed E-state index contributed by atoms with van der Waals surface area (Å²) in [6, 6.07) is 17.3. The predicted molar refractivity (Wildman–Crippen MR) is 164 cm³/mol. The van der Waals surface area contributed by atoms with E-state index in [1.54, 1.807) is 75.7 Å². The van der Waals surface area contributed by atoms with Crippen LogP contribution in [0.3, 0.4) is 0 Å². The number of carbonyl (C=O) groups is 2. The Morgan fingerprint density at radius 2 is 1.40 bits per heavy atom. The third-order valence-electron chi connectivity index (χ3n) is 7.24. The molecule has 0 heterocycles. The molecule has 3 rings (SSSR count). The molecule has 3 aromatic carbocycles. The van der Waals surface area contributed by atoms with Gasteiger partial charge in [-0.25, -0.2) is 0 Å². The summed E-state index contributed by atoms with van der Waals surface area (Å²) >= 11 is 1.04. The summed E-state index contributed by atoms with van der Waals surface area (Å²) in [7, 11) is 4.57. The summed E-state index contributed by atoms with van der Waals surface area (Å²) < 4.78 is 53.5. The molecule has 0 fully saturated rings. The molecule has 0 saturated carbocycles. The van der Waals surface area contributed by atoms with Crippen LogP contribution < -0.4 is 20.1 Å². The lowest BCUT2D eigenvalue weighted by molar-refractivity contribution is -0.140. The summed E-state index contributed by atoms with van der Waals surface area (Å²) in [5, 5.41) is 5.47. The molecule has 0 bridgehead atoms. The average molecular weight is 617 g/mol. The smallest absolute Gasteiger partial charge is 0.417 e. The van der Waals surface area contributed by atoms with Crippen molar-refractivity contribution < 1.29 is 32.2 Å². The molecule has 1 unspecified atom stereocenters. The lowest BCUT2D eigenvalue weighted by Crippen LogP contribution is -2.53. The van der Waals surface area contributed by atoms with Crippen molar-refractivity contribution in [3.05, 3.63) is 89.0 Å². The van der Waals surface area contributed by atoms with Gasteiger partial charge in [0.15, 0.2) is 0 Å². The van der Waals surface area contributed by atoms with E-state index < -0.39 is 35.0 Å². The van der Waals surface area contributed by atoms with Crippen molar-refractivity contribution in [2.75, 3.05) is 21.3 Å². The van der Waals surface area contributed by atoms with Crippen LogP contribution in [0.25, 0.3) is 0 Å². The molecule has 2 amide bonds. The first-order valence-corrected chi connectivity index (χ1v) is 14.9. The van der Waals surface area contributed by atoms with Crippen molar-refractivity contribution in [3.8, 4) is 11.5 Å². The molecule has 0 radical (unpaired) electrons. The van der Waals surface area contributed by atoms with E-state index in [0.29, 0.717) is 11.5 Å². The van der Waals surface area contributed by atoms with Gasteiger partial charge in [0.2, 0.25) is 11.8 Å². The number of carbonyl (C=O) groups excluding carboxylic acids is 2. The fourth-order valence-corrected chi connectivity index (χ4v) is 6.36. The van der Waals surface area contributed by atoms with Crippen LogP contribution in [0.4, 0.5) is 13.2 Å². The first-order chi connectivity index (χ1) is 20.3. The fraction of sp³-hybridized carbons (Fsp3) is 0.394.